The molecule has 0 aromatic heterocycles. The molecule has 1 N–H and O–H groups in total. The Balaban J connectivity index is 3.04. The van der Waals surface area contributed by atoms with Crippen molar-refractivity contribution in [3.63, 3.8) is 0 Å². The molecule has 1 aliphatic rings. The van der Waals surface area contributed by atoms with E-state index in [0.717, 1.165) is 32.1 Å². The lowest BCUT2D eigenvalue weighted by Gasteiger charge is -2.41. The average Bonchev–Trinajstić information content (AvgIpc) is 2.87. The van der Waals surface area contributed by atoms with E-state index in [4.69, 9.17) is 4.74 Å². The second-order valence-corrected chi connectivity index (χ2v) is 6.39. The van der Waals surface area contributed by atoms with Gasteiger partial charge in [-0.15, -0.1) is 0 Å². The first kappa shape index (κ1) is 16.5. The molecular formula is C16H30O3. The van der Waals surface area contributed by atoms with E-state index >= 15 is 0 Å². The molecule has 1 fully saturated rings. The largest absolute Gasteiger partial charge is 0.481 e. The van der Waals surface area contributed by atoms with Gasteiger partial charge in [-0.3, -0.25) is 4.79 Å². The quantitative estimate of drug-likeness (QED) is 0.722. The van der Waals surface area contributed by atoms with E-state index in [-0.39, 0.29) is 12.0 Å². The van der Waals surface area contributed by atoms with E-state index < -0.39 is 11.4 Å². The van der Waals surface area contributed by atoms with Gasteiger partial charge in [0.1, 0.15) is 0 Å². The molecule has 0 heterocycles. The van der Waals surface area contributed by atoms with Crippen LogP contribution in [0.25, 0.3) is 0 Å². The zero-order chi connectivity index (χ0) is 14.5. The van der Waals surface area contributed by atoms with Crippen LogP contribution in [0.2, 0.25) is 0 Å². The molecule has 3 nitrogen and oxygen atoms in total. The molecule has 0 aromatic carbocycles. The highest BCUT2D eigenvalue weighted by Gasteiger charge is 2.51. The second-order valence-electron chi connectivity index (χ2n) is 6.39. The van der Waals surface area contributed by atoms with Crippen molar-refractivity contribution in [2.24, 2.45) is 17.3 Å². The Hall–Kier alpha value is -0.570. The Labute approximate surface area is 117 Å². The topological polar surface area (TPSA) is 46.5 Å². The van der Waals surface area contributed by atoms with Crippen LogP contribution in [-0.4, -0.2) is 24.3 Å². The van der Waals surface area contributed by atoms with Crippen molar-refractivity contribution in [1.29, 1.82) is 0 Å². The number of carboxylic acids is 1. The van der Waals surface area contributed by atoms with Crippen molar-refractivity contribution in [2.45, 2.75) is 71.8 Å². The molecule has 19 heavy (non-hydrogen) atoms. The molecule has 0 aromatic rings. The van der Waals surface area contributed by atoms with Gasteiger partial charge in [0, 0.05) is 7.11 Å². The third-order valence-electron chi connectivity index (χ3n) is 4.85. The monoisotopic (exact) mass is 270 g/mol. The maximum Gasteiger partial charge on any atom is 0.312 e. The highest BCUT2D eigenvalue weighted by molar-refractivity contribution is 5.76. The predicted octanol–water partition coefficient (Wildman–Crippen LogP) is 4.11. The molecule has 0 bridgehead atoms. The number of rotatable bonds is 8. The van der Waals surface area contributed by atoms with Gasteiger partial charge in [-0.25, -0.2) is 0 Å². The van der Waals surface area contributed by atoms with Gasteiger partial charge in [0.05, 0.1) is 11.5 Å². The Morgan fingerprint density at radius 3 is 2.32 bits per heavy atom. The summed E-state index contributed by atoms with van der Waals surface area (Å²) in [6.45, 7) is 6.36. The summed E-state index contributed by atoms with van der Waals surface area (Å²) >= 11 is 0. The number of carbonyl (C=O) groups is 1. The molecule has 1 rings (SSSR count). The number of hydrogen-bond acceptors (Lipinski definition) is 2. The third-order valence-corrected chi connectivity index (χ3v) is 4.85. The number of aliphatic carboxylic acids is 1. The fraction of sp³-hybridized carbons (Fsp3) is 0.938. The molecular weight excluding hydrogens is 240 g/mol. The number of hydrogen-bond donors (Lipinski definition) is 1. The van der Waals surface area contributed by atoms with Crippen LogP contribution in [0, 0.1) is 17.3 Å². The molecule has 3 heteroatoms. The van der Waals surface area contributed by atoms with Crippen molar-refractivity contribution in [2.75, 3.05) is 7.11 Å². The van der Waals surface area contributed by atoms with Crippen LogP contribution < -0.4 is 0 Å². The fourth-order valence-corrected chi connectivity index (χ4v) is 3.76. The normalized spacial score (nSPS) is 21.5. The highest BCUT2D eigenvalue weighted by atomic mass is 16.5. The molecule has 0 spiro atoms. The van der Waals surface area contributed by atoms with E-state index in [1.807, 2.05) is 6.92 Å². The summed E-state index contributed by atoms with van der Waals surface area (Å²) in [6, 6.07) is 0. The number of ether oxygens (including phenoxy) is 1. The van der Waals surface area contributed by atoms with E-state index in [1.165, 1.54) is 12.8 Å². The predicted molar refractivity (Wildman–Crippen MR) is 77.2 cm³/mol. The number of methoxy groups -OCH3 is 1. The van der Waals surface area contributed by atoms with Gasteiger partial charge >= 0.3 is 5.97 Å². The minimum absolute atomic E-state index is 0.160. The summed E-state index contributed by atoms with van der Waals surface area (Å²) in [7, 11) is 1.66. The third kappa shape index (κ3) is 3.50. The van der Waals surface area contributed by atoms with Crippen LogP contribution in [0.1, 0.15) is 65.7 Å². The Bertz CT molecular complexity index is 274. The van der Waals surface area contributed by atoms with Crippen LogP contribution in [0.15, 0.2) is 0 Å². The first-order valence-corrected chi connectivity index (χ1v) is 7.75. The molecule has 0 saturated heterocycles. The maximum atomic E-state index is 12.1. The van der Waals surface area contributed by atoms with Gasteiger partial charge in [-0.05, 0) is 43.9 Å². The van der Waals surface area contributed by atoms with Gasteiger partial charge in [-0.2, -0.15) is 0 Å². The first-order valence-electron chi connectivity index (χ1n) is 7.75. The van der Waals surface area contributed by atoms with Crippen LogP contribution in [0.3, 0.4) is 0 Å². The molecule has 0 aliphatic heterocycles. The van der Waals surface area contributed by atoms with Gasteiger partial charge in [0.15, 0.2) is 0 Å². The second kappa shape index (κ2) is 7.28. The van der Waals surface area contributed by atoms with Crippen molar-refractivity contribution < 1.29 is 14.6 Å². The van der Waals surface area contributed by atoms with Crippen LogP contribution in [0.4, 0.5) is 0 Å². The zero-order valence-electron chi connectivity index (χ0n) is 12.9. The van der Waals surface area contributed by atoms with Gasteiger partial charge in [0.25, 0.3) is 0 Å². The first-order chi connectivity index (χ1) is 8.98. The van der Waals surface area contributed by atoms with E-state index in [9.17, 15) is 9.90 Å². The van der Waals surface area contributed by atoms with Crippen molar-refractivity contribution in [3.05, 3.63) is 0 Å². The molecule has 1 saturated carbocycles. The zero-order valence-corrected chi connectivity index (χ0v) is 12.9. The van der Waals surface area contributed by atoms with E-state index in [2.05, 4.69) is 13.8 Å². The average molecular weight is 270 g/mol. The minimum Gasteiger partial charge on any atom is -0.481 e. The minimum atomic E-state index is -0.676. The lowest BCUT2D eigenvalue weighted by molar-refractivity contribution is -0.167. The standard InChI is InChI=1S/C16H30O3/c1-5-14(19-4)16(15(17)18,11-10-12(2)3)13-8-6-7-9-13/h12-14H,5-11H2,1-4H3,(H,17,18). The van der Waals surface area contributed by atoms with Gasteiger partial charge < -0.3 is 9.84 Å². The van der Waals surface area contributed by atoms with Crippen molar-refractivity contribution in [1.82, 2.24) is 0 Å². The smallest absolute Gasteiger partial charge is 0.312 e. The summed E-state index contributed by atoms with van der Waals surface area (Å²) < 4.78 is 5.59. The number of carboxylic acid groups (broad SMARTS) is 1. The SMILES string of the molecule is CCC(OC)C(CCC(C)C)(C(=O)O)C1CCCC1. The lowest BCUT2D eigenvalue weighted by Crippen LogP contribution is -2.48. The highest BCUT2D eigenvalue weighted by Crippen LogP contribution is 2.48. The maximum absolute atomic E-state index is 12.1. The molecule has 2 unspecified atom stereocenters. The van der Waals surface area contributed by atoms with Crippen LogP contribution in [-0.2, 0) is 9.53 Å². The Kier molecular flexibility index (Phi) is 6.31. The molecule has 0 radical (unpaired) electrons. The summed E-state index contributed by atoms with van der Waals surface area (Å²) in [5, 5.41) is 9.95. The molecule has 1 aliphatic carbocycles. The summed E-state index contributed by atoms with van der Waals surface area (Å²) in [5.74, 6) is 0.178. The Morgan fingerprint density at radius 2 is 1.95 bits per heavy atom. The van der Waals surface area contributed by atoms with Crippen LogP contribution >= 0.6 is 0 Å². The van der Waals surface area contributed by atoms with Crippen molar-refractivity contribution in [3.8, 4) is 0 Å². The lowest BCUT2D eigenvalue weighted by atomic mass is 9.66. The van der Waals surface area contributed by atoms with E-state index in [1.54, 1.807) is 7.11 Å². The summed E-state index contributed by atoms with van der Waals surface area (Å²) in [6.07, 6.45) is 6.75. The fourth-order valence-electron chi connectivity index (χ4n) is 3.76. The molecule has 0 amide bonds. The van der Waals surface area contributed by atoms with Crippen LogP contribution in [0.5, 0.6) is 0 Å². The Morgan fingerprint density at radius 1 is 1.37 bits per heavy atom. The summed E-state index contributed by atoms with van der Waals surface area (Å²) in [4.78, 5) is 12.1. The van der Waals surface area contributed by atoms with Gasteiger partial charge in [0.2, 0.25) is 0 Å². The summed E-state index contributed by atoms with van der Waals surface area (Å²) in [5.41, 5.74) is -0.676. The van der Waals surface area contributed by atoms with Crippen molar-refractivity contribution >= 4 is 5.97 Å². The molecule has 2 atom stereocenters. The molecule has 112 valence electrons. The van der Waals surface area contributed by atoms with Gasteiger partial charge in [-0.1, -0.05) is 33.6 Å². The van der Waals surface area contributed by atoms with E-state index in [0.29, 0.717) is 5.92 Å².